The van der Waals surface area contributed by atoms with Crippen LogP contribution in [0.25, 0.3) is 0 Å². The van der Waals surface area contributed by atoms with Crippen LogP contribution in [0.15, 0.2) is 12.4 Å². The first kappa shape index (κ1) is 12.2. The summed E-state index contributed by atoms with van der Waals surface area (Å²) in [5.74, 6) is 0.663. The van der Waals surface area contributed by atoms with E-state index in [1.807, 2.05) is 0 Å². The van der Waals surface area contributed by atoms with E-state index in [1.165, 1.54) is 44.2 Å². The van der Waals surface area contributed by atoms with Gasteiger partial charge in [0.25, 0.3) is 0 Å². The van der Waals surface area contributed by atoms with Crippen molar-refractivity contribution in [1.82, 2.24) is 15.1 Å². The van der Waals surface area contributed by atoms with Crippen LogP contribution in [0.5, 0.6) is 0 Å². The van der Waals surface area contributed by atoms with E-state index in [2.05, 4.69) is 41.3 Å². The lowest BCUT2D eigenvalue weighted by atomic mass is 9.63. The summed E-state index contributed by atoms with van der Waals surface area (Å²) < 4.78 is 2.11. The molecular formula is C15H25N3. The first-order valence-electron chi connectivity index (χ1n) is 7.45. The van der Waals surface area contributed by atoms with Crippen LogP contribution in [0.3, 0.4) is 0 Å². The standard InChI is InChI=1S/C15H25N3/c1-12(2)9-18-10-13(8-17-18)14-15(11-16-14)6-4-3-5-7-15/h8,10,12,14,16H,3-7,9,11H2,1-2H3. The van der Waals surface area contributed by atoms with E-state index in [1.54, 1.807) is 0 Å². The molecule has 100 valence electrons. The van der Waals surface area contributed by atoms with Crippen LogP contribution in [0.4, 0.5) is 0 Å². The van der Waals surface area contributed by atoms with Gasteiger partial charge < -0.3 is 5.32 Å². The van der Waals surface area contributed by atoms with E-state index in [0.29, 0.717) is 17.4 Å². The highest BCUT2D eigenvalue weighted by molar-refractivity contribution is 5.20. The Balaban J connectivity index is 1.72. The molecule has 18 heavy (non-hydrogen) atoms. The molecule has 2 heterocycles. The van der Waals surface area contributed by atoms with Crippen molar-refractivity contribution in [3.05, 3.63) is 18.0 Å². The minimum atomic E-state index is 0.559. The summed E-state index contributed by atoms with van der Waals surface area (Å²) in [4.78, 5) is 0. The molecule has 1 spiro atoms. The van der Waals surface area contributed by atoms with Crippen molar-refractivity contribution < 1.29 is 0 Å². The van der Waals surface area contributed by atoms with Crippen LogP contribution in [-0.4, -0.2) is 16.3 Å². The second-order valence-electron chi connectivity index (χ2n) is 6.63. The molecule has 2 fully saturated rings. The van der Waals surface area contributed by atoms with Crippen LogP contribution < -0.4 is 5.32 Å². The van der Waals surface area contributed by atoms with E-state index < -0.39 is 0 Å². The molecule has 1 aromatic rings. The number of nitrogens with one attached hydrogen (secondary N) is 1. The third-order valence-corrected chi connectivity index (χ3v) is 4.66. The highest BCUT2D eigenvalue weighted by atomic mass is 15.3. The predicted octanol–water partition coefficient (Wildman–Crippen LogP) is 3.13. The molecule has 1 aliphatic carbocycles. The van der Waals surface area contributed by atoms with Crippen LogP contribution >= 0.6 is 0 Å². The second kappa shape index (κ2) is 4.69. The van der Waals surface area contributed by atoms with Gasteiger partial charge in [-0.25, -0.2) is 0 Å². The Kier molecular flexibility index (Phi) is 3.18. The molecule has 1 atom stereocenters. The molecule has 0 radical (unpaired) electrons. The lowest BCUT2D eigenvalue weighted by Crippen LogP contribution is -2.56. The maximum Gasteiger partial charge on any atom is 0.0537 e. The minimum Gasteiger partial charge on any atom is -0.309 e. The molecule has 2 aliphatic rings. The molecule has 0 aromatic carbocycles. The quantitative estimate of drug-likeness (QED) is 0.889. The molecule has 1 saturated carbocycles. The SMILES string of the molecule is CC(C)Cn1cc(C2NCC23CCCCC3)cn1. The monoisotopic (exact) mass is 247 g/mol. The molecule has 1 saturated heterocycles. The number of rotatable bonds is 3. The average Bonchev–Trinajstić information content (AvgIpc) is 2.76. The Morgan fingerprint density at radius 1 is 1.39 bits per heavy atom. The third-order valence-electron chi connectivity index (χ3n) is 4.66. The van der Waals surface area contributed by atoms with Crippen molar-refractivity contribution in [2.75, 3.05) is 6.54 Å². The molecule has 3 nitrogen and oxygen atoms in total. The van der Waals surface area contributed by atoms with E-state index in [0.717, 1.165) is 6.54 Å². The zero-order valence-electron chi connectivity index (χ0n) is 11.7. The summed E-state index contributed by atoms with van der Waals surface area (Å²) >= 11 is 0. The highest BCUT2D eigenvalue weighted by Gasteiger charge is 2.47. The van der Waals surface area contributed by atoms with Gasteiger partial charge in [-0.05, 0) is 18.8 Å². The number of hydrogen-bond donors (Lipinski definition) is 1. The Morgan fingerprint density at radius 2 is 2.17 bits per heavy atom. The third kappa shape index (κ3) is 2.09. The summed E-state index contributed by atoms with van der Waals surface area (Å²) in [5, 5.41) is 8.15. The first-order chi connectivity index (χ1) is 8.70. The van der Waals surface area contributed by atoms with E-state index in [4.69, 9.17) is 0 Å². The van der Waals surface area contributed by atoms with Gasteiger partial charge in [-0.1, -0.05) is 33.1 Å². The van der Waals surface area contributed by atoms with Gasteiger partial charge in [0.2, 0.25) is 0 Å². The van der Waals surface area contributed by atoms with Crippen LogP contribution in [0.1, 0.15) is 57.6 Å². The van der Waals surface area contributed by atoms with Gasteiger partial charge in [-0.2, -0.15) is 5.10 Å². The predicted molar refractivity (Wildman–Crippen MR) is 73.3 cm³/mol. The molecule has 1 aromatic heterocycles. The Morgan fingerprint density at radius 3 is 2.78 bits per heavy atom. The van der Waals surface area contributed by atoms with Crippen molar-refractivity contribution in [3.8, 4) is 0 Å². The average molecular weight is 247 g/mol. The smallest absolute Gasteiger partial charge is 0.0537 e. The maximum atomic E-state index is 4.51. The summed E-state index contributed by atoms with van der Waals surface area (Å²) in [7, 11) is 0. The van der Waals surface area contributed by atoms with E-state index in [-0.39, 0.29) is 0 Å². The van der Waals surface area contributed by atoms with Gasteiger partial charge >= 0.3 is 0 Å². The summed E-state index contributed by atoms with van der Waals surface area (Å²) in [6.07, 6.45) is 11.4. The van der Waals surface area contributed by atoms with E-state index in [9.17, 15) is 0 Å². The topological polar surface area (TPSA) is 29.9 Å². The van der Waals surface area contributed by atoms with Crippen LogP contribution in [-0.2, 0) is 6.54 Å². The lowest BCUT2D eigenvalue weighted by Gasteiger charge is -2.52. The summed E-state index contributed by atoms with van der Waals surface area (Å²) in [6.45, 7) is 6.73. The van der Waals surface area contributed by atoms with Crippen molar-refractivity contribution in [1.29, 1.82) is 0 Å². The van der Waals surface area contributed by atoms with E-state index >= 15 is 0 Å². The number of nitrogens with zero attached hydrogens (tertiary/aromatic N) is 2. The molecule has 1 N–H and O–H groups in total. The number of hydrogen-bond acceptors (Lipinski definition) is 2. The molecule has 0 bridgehead atoms. The summed E-state index contributed by atoms with van der Waals surface area (Å²) in [6, 6.07) is 0.568. The second-order valence-corrected chi connectivity index (χ2v) is 6.63. The Hall–Kier alpha value is -0.830. The molecule has 1 aliphatic heterocycles. The Labute approximate surface area is 110 Å². The minimum absolute atomic E-state index is 0.559. The zero-order valence-corrected chi connectivity index (χ0v) is 11.7. The fraction of sp³-hybridized carbons (Fsp3) is 0.800. The normalized spacial score (nSPS) is 26.5. The van der Waals surface area contributed by atoms with Crippen molar-refractivity contribution in [2.24, 2.45) is 11.3 Å². The fourth-order valence-corrected chi connectivity index (χ4v) is 3.69. The molecule has 3 heteroatoms. The largest absolute Gasteiger partial charge is 0.309 e. The van der Waals surface area contributed by atoms with Gasteiger partial charge in [0.15, 0.2) is 0 Å². The van der Waals surface area contributed by atoms with Crippen molar-refractivity contribution in [2.45, 2.75) is 58.5 Å². The first-order valence-corrected chi connectivity index (χ1v) is 7.45. The molecule has 0 amide bonds. The lowest BCUT2D eigenvalue weighted by molar-refractivity contribution is 0.0360. The zero-order chi connectivity index (χ0) is 12.6. The van der Waals surface area contributed by atoms with Crippen LogP contribution in [0, 0.1) is 11.3 Å². The molecular weight excluding hydrogens is 222 g/mol. The van der Waals surface area contributed by atoms with Crippen molar-refractivity contribution >= 4 is 0 Å². The molecule has 3 rings (SSSR count). The Bertz CT molecular complexity index is 402. The fourth-order valence-electron chi connectivity index (χ4n) is 3.69. The highest BCUT2D eigenvalue weighted by Crippen LogP contribution is 2.50. The van der Waals surface area contributed by atoms with Gasteiger partial charge in [0.05, 0.1) is 6.20 Å². The van der Waals surface area contributed by atoms with Gasteiger partial charge in [0.1, 0.15) is 0 Å². The van der Waals surface area contributed by atoms with Gasteiger partial charge in [-0.3, -0.25) is 4.68 Å². The molecule has 1 unspecified atom stereocenters. The van der Waals surface area contributed by atoms with Gasteiger partial charge in [-0.15, -0.1) is 0 Å². The maximum absolute atomic E-state index is 4.51. The summed E-state index contributed by atoms with van der Waals surface area (Å²) in [5.41, 5.74) is 1.97. The van der Waals surface area contributed by atoms with Crippen LogP contribution in [0.2, 0.25) is 0 Å². The van der Waals surface area contributed by atoms with Gasteiger partial charge in [0, 0.05) is 36.3 Å². The number of aromatic nitrogens is 2. The van der Waals surface area contributed by atoms with Crippen molar-refractivity contribution in [3.63, 3.8) is 0 Å².